The van der Waals surface area contributed by atoms with Crippen molar-refractivity contribution in [3.63, 3.8) is 0 Å². The first-order valence-corrected chi connectivity index (χ1v) is 10.9. The van der Waals surface area contributed by atoms with Crippen molar-refractivity contribution in [2.45, 2.75) is 12.1 Å². The number of nitrogens with zero attached hydrogens (tertiary/aromatic N) is 3. The minimum atomic E-state index is -0.425. The van der Waals surface area contributed by atoms with E-state index in [0.717, 1.165) is 11.4 Å². The predicted octanol–water partition coefficient (Wildman–Crippen LogP) is 6.08. The number of thiocarbonyl (C=S) groups is 1. The molecular weight excluding hydrogens is 460 g/mol. The fraction of sp³-hybridized carbons (Fsp3) is 0.0833. The van der Waals surface area contributed by atoms with Crippen LogP contribution in [0.5, 0.6) is 0 Å². The minimum absolute atomic E-state index is 0.00307. The summed E-state index contributed by atoms with van der Waals surface area (Å²) in [5.74, 6) is 1.18. The quantitative estimate of drug-likeness (QED) is 0.212. The highest BCUT2D eigenvalue weighted by Crippen LogP contribution is 2.43. The van der Waals surface area contributed by atoms with Gasteiger partial charge in [0.15, 0.2) is 5.11 Å². The molecule has 1 fully saturated rings. The number of aromatic nitrogens is 1. The van der Waals surface area contributed by atoms with Gasteiger partial charge < -0.3 is 14.6 Å². The molecule has 0 spiro atoms. The molecule has 2 atom stereocenters. The van der Waals surface area contributed by atoms with E-state index in [9.17, 15) is 10.1 Å². The van der Waals surface area contributed by atoms with E-state index < -0.39 is 4.92 Å². The summed E-state index contributed by atoms with van der Waals surface area (Å²) in [6.07, 6.45) is 1.73. The molecule has 3 heterocycles. The molecule has 7 nitrogen and oxygen atoms in total. The molecule has 4 aromatic rings. The highest BCUT2D eigenvalue weighted by atomic mass is 35.5. The normalized spacial score (nSPS) is 17.7. The Morgan fingerprint density at radius 1 is 1.06 bits per heavy atom. The van der Waals surface area contributed by atoms with Gasteiger partial charge in [0.1, 0.15) is 17.6 Å². The second-order valence-electron chi connectivity index (χ2n) is 7.48. The summed E-state index contributed by atoms with van der Waals surface area (Å²) < 4.78 is 6.25. The zero-order valence-electron chi connectivity index (χ0n) is 17.1. The van der Waals surface area contributed by atoms with Crippen LogP contribution in [0.25, 0.3) is 11.3 Å². The molecule has 164 valence electrons. The fourth-order valence-corrected chi connectivity index (χ4v) is 4.44. The molecule has 2 aromatic heterocycles. The maximum absolute atomic E-state index is 11.2. The van der Waals surface area contributed by atoms with Gasteiger partial charge in [-0.25, -0.2) is 0 Å². The van der Waals surface area contributed by atoms with Crippen LogP contribution in [0.2, 0.25) is 5.02 Å². The van der Waals surface area contributed by atoms with E-state index in [-0.39, 0.29) is 17.8 Å². The summed E-state index contributed by atoms with van der Waals surface area (Å²) in [5, 5.41) is 15.7. The standard InChI is InChI=1S/C24H17ClN4O3S/c25-16-7-9-17(10-8-16)28-23(22(27-24(28)33)19-6-1-2-13-26-19)21-12-11-20(32-21)15-4-3-5-18(14-15)29(30)31/h1-14,22-23H,(H,27,33)/t22-,23+/m1/s1. The second kappa shape index (κ2) is 8.65. The van der Waals surface area contributed by atoms with E-state index >= 15 is 0 Å². The van der Waals surface area contributed by atoms with Crippen molar-refractivity contribution in [2.24, 2.45) is 0 Å². The van der Waals surface area contributed by atoms with Gasteiger partial charge in [-0.2, -0.15) is 0 Å². The van der Waals surface area contributed by atoms with Gasteiger partial charge in [0.25, 0.3) is 5.69 Å². The molecule has 1 aliphatic rings. The van der Waals surface area contributed by atoms with Crippen molar-refractivity contribution in [3.05, 3.63) is 112 Å². The number of halogens is 1. The number of nitro benzene ring substituents is 1. The largest absolute Gasteiger partial charge is 0.459 e. The molecule has 1 N–H and O–H groups in total. The Balaban J connectivity index is 1.58. The van der Waals surface area contributed by atoms with Crippen LogP contribution in [0, 0.1) is 10.1 Å². The van der Waals surface area contributed by atoms with Crippen molar-refractivity contribution >= 4 is 40.3 Å². The van der Waals surface area contributed by atoms with Gasteiger partial charge in [-0.1, -0.05) is 29.8 Å². The van der Waals surface area contributed by atoms with Gasteiger partial charge >= 0.3 is 0 Å². The van der Waals surface area contributed by atoms with Gasteiger partial charge in [0, 0.05) is 34.6 Å². The van der Waals surface area contributed by atoms with E-state index in [1.54, 1.807) is 30.5 Å². The topological polar surface area (TPSA) is 84.4 Å². The first-order valence-electron chi connectivity index (χ1n) is 10.1. The smallest absolute Gasteiger partial charge is 0.270 e. The Morgan fingerprint density at radius 2 is 1.88 bits per heavy atom. The Hall–Kier alpha value is -3.75. The average molecular weight is 477 g/mol. The first kappa shape index (κ1) is 21.1. The number of hydrogen-bond acceptors (Lipinski definition) is 5. The molecule has 0 unspecified atom stereocenters. The number of nitrogens with one attached hydrogen (secondary N) is 1. The summed E-state index contributed by atoms with van der Waals surface area (Å²) in [4.78, 5) is 17.3. The molecule has 5 rings (SSSR count). The summed E-state index contributed by atoms with van der Waals surface area (Å²) in [7, 11) is 0. The Kier molecular flexibility index (Phi) is 5.53. The van der Waals surface area contributed by atoms with Crippen LogP contribution in [0.4, 0.5) is 11.4 Å². The third-order valence-electron chi connectivity index (χ3n) is 5.46. The first-order chi connectivity index (χ1) is 16.0. The average Bonchev–Trinajstić information content (AvgIpc) is 3.45. The van der Waals surface area contributed by atoms with Crippen LogP contribution in [-0.2, 0) is 0 Å². The van der Waals surface area contributed by atoms with Crippen molar-refractivity contribution in [2.75, 3.05) is 4.90 Å². The van der Waals surface area contributed by atoms with E-state index in [2.05, 4.69) is 10.3 Å². The number of pyridine rings is 1. The van der Waals surface area contributed by atoms with E-state index in [0.29, 0.717) is 27.2 Å². The number of furan rings is 1. The molecule has 9 heteroatoms. The minimum Gasteiger partial charge on any atom is -0.459 e. The van der Waals surface area contributed by atoms with Gasteiger partial charge in [-0.05, 0) is 60.7 Å². The van der Waals surface area contributed by atoms with Gasteiger partial charge in [-0.3, -0.25) is 15.1 Å². The number of rotatable bonds is 5. The lowest BCUT2D eigenvalue weighted by atomic mass is 10.0. The number of non-ortho nitro benzene ring substituents is 1. The predicted molar refractivity (Wildman–Crippen MR) is 130 cm³/mol. The number of nitro groups is 1. The lowest BCUT2D eigenvalue weighted by Crippen LogP contribution is -2.29. The number of benzene rings is 2. The van der Waals surface area contributed by atoms with Gasteiger partial charge in [-0.15, -0.1) is 0 Å². The molecule has 0 bridgehead atoms. The van der Waals surface area contributed by atoms with Crippen molar-refractivity contribution in [1.82, 2.24) is 10.3 Å². The third-order valence-corrected chi connectivity index (χ3v) is 6.03. The highest BCUT2D eigenvalue weighted by molar-refractivity contribution is 7.80. The molecule has 0 aliphatic carbocycles. The summed E-state index contributed by atoms with van der Waals surface area (Å²) in [6, 6.07) is 22.6. The van der Waals surface area contributed by atoms with Crippen molar-refractivity contribution in [1.29, 1.82) is 0 Å². The zero-order valence-corrected chi connectivity index (χ0v) is 18.7. The Bertz CT molecular complexity index is 1330. The van der Waals surface area contributed by atoms with Gasteiger partial charge in [0.2, 0.25) is 0 Å². The summed E-state index contributed by atoms with van der Waals surface area (Å²) in [6.45, 7) is 0. The van der Waals surface area contributed by atoms with Crippen LogP contribution < -0.4 is 10.2 Å². The molecule has 2 aromatic carbocycles. The van der Waals surface area contributed by atoms with E-state index in [1.807, 2.05) is 47.4 Å². The number of hydrogen-bond donors (Lipinski definition) is 1. The van der Waals surface area contributed by atoms with Crippen LogP contribution in [-0.4, -0.2) is 15.0 Å². The SMILES string of the molecule is O=[N+]([O-])c1cccc(-c2ccc([C@H]3[C@@H](c4ccccn4)NC(=S)N3c3ccc(Cl)cc3)o2)c1. The molecule has 0 radical (unpaired) electrons. The van der Waals surface area contributed by atoms with Crippen molar-refractivity contribution in [3.8, 4) is 11.3 Å². The molecule has 33 heavy (non-hydrogen) atoms. The molecule has 1 aliphatic heterocycles. The van der Waals surface area contributed by atoms with E-state index in [1.165, 1.54) is 12.1 Å². The fourth-order valence-electron chi connectivity index (χ4n) is 3.96. The second-order valence-corrected chi connectivity index (χ2v) is 8.31. The summed E-state index contributed by atoms with van der Waals surface area (Å²) in [5.41, 5.74) is 2.29. The van der Waals surface area contributed by atoms with Crippen molar-refractivity contribution < 1.29 is 9.34 Å². The molecule has 0 amide bonds. The Labute approximate surface area is 199 Å². The molecular formula is C24H17ClN4O3S. The molecule has 1 saturated heterocycles. The summed E-state index contributed by atoms with van der Waals surface area (Å²) >= 11 is 11.8. The zero-order chi connectivity index (χ0) is 22.9. The lowest BCUT2D eigenvalue weighted by molar-refractivity contribution is -0.384. The van der Waals surface area contributed by atoms with E-state index in [4.69, 9.17) is 28.2 Å². The molecule has 0 saturated carbocycles. The third kappa shape index (κ3) is 4.06. The van der Waals surface area contributed by atoms with Crippen LogP contribution >= 0.6 is 23.8 Å². The maximum Gasteiger partial charge on any atom is 0.270 e. The highest BCUT2D eigenvalue weighted by Gasteiger charge is 2.42. The lowest BCUT2D eigenvalue weighted by Gasteiger charge is -2.26. The monoisotopic (exact) mass is 476 g/mol. The van der Waals surface area contributed by atoms with Crippen LogP contribution in [0.3, 0.4) is 0 Å². The number of anilines is 1. The van der Waals surface area contributed by atoms with Crippen LogP contribution in [0.1, 0.15) is 23.5 Å². The maximum atomic E-state index is 11.2. The van der Waals surface area contributed by atoms with Crippen LogP contribution in [0.15, 0.2) is 89.5 Å². The van der Waals surface area contributed by atoms with Gasteiger partial charge in [0.05, 0.1) is 16.7 Å². The Morgan fingerprint density at radius 3 is 2.61 bits per heavy atom.